The second-order valence-electron chi connectivity index (χ2n) is 4.03. The first kappa shape index (κ1) is 13.5. The number of nitrogen functional groups attached to an aromatic ring is 1. The van der Waals surface area contributed by atoms with Gasteiger partial charge in [-0.2, -0.15) is 0 Å². The molecule has 4 atom stereocenters. The van der Waals surface area contributed by atoms with Crippen LogP contribution in [0.2, 0.25) is 0 Å². The lowest BCUT2D eigenvalue weighted by molar-refractivity contribution is -0.0544. The van der Waals surface area contributed by atoms with E-state index in [1.165, 1.54) is 12.3 Å². The maximum atomic E-state index is 11.9. The van der Waals surface area contributed by atoms with Crippen molar-refractivity contribution >= 4 is 21.6 Å². The third-order valence-electron chi connectivity index (χ3n) is 2.88. The number of hydrogen-bond acceptors (Lipinski definition) is 6. The van der Waals surface area contributed by atoms with Crippen LogP contribution in [0.25, 0.3) is 0 Å². The molecule has 1 unspecified atom stereocenters. The highest BCUT2D eigenvalue weighted by molar-refractivity contribution is 9.10. The lowest BCUT2D eigenvalue weighted by atomic mass is 10.1. The molecular formula is C10H13BrN2O5. The van der Waals surface area contributed by atoms with Crippen LogP contribution in [0.3, 0.4) is 0 Å². The normalized spacial score (nSPS) is 31.8. The fourth-order valence-corrected chi connectivity index (χ4v) is 2.19. The standard InChI is InChI=1S/C10H13BrN2O5/c11-6-4(12)1-2-13(9(6)17)10-8(16)7(15)5(3-14)18-10/h1-2,5,7-8,10,14-16H,3,12H2/t5-,7-,8-,10?/m1/s1. The van der Waals surface area contributed by atoms with Crippen LogP contribution in [0, 0.1) is 0 Å². The van der Waals surface area contributed by atoms with Crippen molar-refractivity contribution in [2.45, 2.75) is 24.5 Å². The number of aliphatic hydroxyl groups excluding tert-OH is 3. The zero-order valence-corrected chi connectivity index (χ0v) is 10.8. The number of halogens is 1. The number of ether oxygens (including phenoxy) is 1. The minimum absolute atomic E-state index is 0.155. The number of aliphatic hydroxyl groups is 3. The molecule has 1 aromatic heterocycles. The highest BCUT2D eigenvalue weighted by atomic mass is 79.9. The first-order valence-electron chi connectivity index (χ1n) is 5.26. The number of rotatable bonds is 2. The molecule has 0 amide bonds. The Morgan fingerprint density at radius 1 is 1.44 bits per heavy atom. The molecule has 0 aromatic carbocycles. The second-order valence-corrected chi connectivity index (χ2v) is 4.82. The van der Waals surface area contributed by atoms with Crippen molar-refractivity contribution in [1.29, 1.82) is 0 Å². The Labute approximate surface area is 111 Å². The Hall–Kier alpha value is -0.930. The Kier molecular flexibility index (Phi) is 3.74. The van der Waals surface area contributed by atoms with E-state index in [-0.39, 0.29) is 10.2 Å². The van der Waals surface area contributed by atoms with Crippen LogP contribution < -0.4 is 11.3 Å². The van der Waals surface area contributed by atoms with E-state index in [4.69, 9.17) is 15.6 Å². The molecule has 7 nitrogen and oxygen atoms in total. The van der Waals surface area contributed by atoms with E-state index in [9.17, 15) is 15.0 Å². The second kappa shape index (κ2) is 4.98. The average molecular weight is 321 g/mol. The van der Waals surface area contributed by atoms with Crippen LogP contribution in [-0.4, -0.2) is 44.8 Å². The molecule has 0 aliphatic carbocycles. The molecule has 100 valence electrons. The molecular weight excluding hydrogens is 308 g/mol. The number of hydrogen-bond donors (Lipinski definition) is 4. The van der Waals surface area contributed by atoms with Crippen LogP contribution >= 0.6 is 15.9 Å². The molecule has 5 N–H and O–H groups in total. The van der Waals surface area contributed by atoms with Gasteiger partial charge in [0, 0.05) is 6.20 Å². The van der Waals surface area contributed by atoms with Gasteiger partial charge in [-0.05, 0) is 22.0 Å². The molecule has 0 bridgehead atoms. The van der Waals surface area contributed by atoms with E-state index in [0.717, 1.165) is 4.57 Å². The highest BCUT2D eigenvalue weighted by Gasteiger charge is 2.43. The summed E-state index contributed by atoms with van der Waals surface area (Å²) in [7, 11) is 0. The Morgan fingerprint density at radius 2 is 2.11 bits per heavy atom. The Bertz CT molecular complexity index is 506. The number of anilines is 1. The van der Waals surface area contributed by atoms with Gasteiger partial charge in [-0.15, -0.1) is 0 Å². The molecule has 0 spiro atoms. The summed E-state index contributed by atoms with van der Waals surface area (Å²) >= 11 is 3.04. The van der Waals surface area contributed by atoms with Gasteiger partial charge in [0.05, 0.1) is 12.3 Å². The number of pyridine rings is 1. The van der Waals surface area contributed by atoms with Crippen molar-refractivity contribution in [1.82, 2.24) is 4.57 Å². The lowest BCUT2D eigenvalue weighted by Gasteiger charge is -2.18. The predicted molar refractivity (Wildman–Crippen MR) is 65.8 cm³/mol. The summed E-state index contributed by atoms with van der Waals surface area (Å²) in [4.78, 5) is 11.9. The van der Waals surface area contributed by atoms with Crippen molar-refractivity contribution in [3.63, 3.8) is 0 Å². The number of nitrogens with zero attached hydrogens (tertiary/aromatic N) is 1. The van der Waals surface area contributed by atoms with Crippen LogP contribution in [0.1, 0.15) is 6.23 Å². The molecule has 1 saturated heterocycles. The summed E-state index contributed by atoms with van der Waals surface area (Å²) in [5.41, 5.74) is 5.34. The first-order chi connectivity index (χ1) is 8.47. The fourth-order valence-electron chi connectivity index (χ4n) is 1.85. The minimum Gasteiger partial charge on any atom is -0.398 e. The largest absolute Gasteiger partial charge is 0.398 e. The van der Waals surface area contributed by atoms with E-state index in [1.54, 1.807) is 0 Å². The molecule has 0 radical (unpaired) electrons. The summed E-state index contributed by atoms with van der Waals surface area (Å²) in [6.45, 7) is -0.445. The quantitative estimate of drug-likeness (QED) is 0.544. The maximum Gasteiger partial charge on any atom is 0.269 e. The highest BCUT2D eigenvalue weighted by Crippen LogP contribution is 2.29. The Morgan fingerprint density at radius 3 is 2.67 bits per heavy atom. The topological polar surface area (TPSA) is 118 Å². The molecule has 1 aliphatic rings. The molecule has 0 saturated carbocycles. The van der Waals surface area contributed by atoms with Gasteiger partial charge >= 0.3 is 0 Å². The van der Waals surface area contributed by atoms with Crippen molar-refractivity contribution in [3.05, 3.63) is 27.1 Å². The number of aromatic nitrogens is 1. The molecule has 2 heterocycles. The van der Waals surface area contributed by atoms with Gasteiger partial charge in [0.25, 0.3) is 5.56 Å². The van der Waals surface area contributed by atoms with E-state index < -0.39 is 36.7 Å². The van der Waals surface area contributed by atoms with Crippen LogP contribution in [0.4, 0.5) is 5.69 Å². The van der Waals surface area contributed by atoms with Crippen molar-refractivity contribution in [2.75, 3.05) is 12.3 Å². The van der Waals surface area contributed by atoms with Crippen LogP contribution in [-0.2, 0) is 4.74 Å². The van der Waals surface area contributed by atoms with Crippen LogP contribution in [0.15, 0.2) is 21.5 Å². The third-order valence-corrected chi connectivity index (χ3v) is 3.68. The molecule has 1 aromatic rings. The van der Waals surface area contributed by atoms with Crippen molar-refractivity contribution in [2.24, 2.45) is 0 Å². The Balaban J connectivity index is 2.39. The zero-order chi connectivity index (χ0) is 13.4. The van der Waals surface area contributed by atoms with E-state index in [0.29, 0.717) is 0 Å². The molecule has 1 aliphatic heterocycles. The first-order valence-corrected chi connectivity index (χ1v) is 6.05. The van der Waals surface area contributed by atoms with Gasteiger partial charge in [0.2, 0.25) is 0 Å². The van der Waals surface area contributed by atoms with Crippen LogP contribution in [0.5, 0.6) is 0 Å². The van der Waals surface area contributed by atoms with Gasteiger partial charge in [-0.25, -0.2) is 0 Å². The van der Waals surface area contributed by atoms with E-state index in [2.05, 4.69) is 15.9 Å². The molecule has 1 fully saturated rings. The third kappa shape index (κ3) is 2.06. The average Bonchev–Trinajstić information content (AvgIpc) is 2.64. The van der Waals surface area contributed by atoms with Gasteiger partial charge in [0.1, 0.15) is 22.8 Å². The molecule has 2 rings (SSSR count). The minimum atomic E-state index is -1.30. The van der Waals surface area contributed by atoms with Gasteiger partial charge in [-0.3, -0.25) is 9.36 Å². The summed E-state index contributed by atoms with van der Waals surface area (Å²) in [6.07, 6.45) is -3.16. The summed E-state index contributed by atoms with van der Waals surface area (Å²) in [6, 6.07) is 1.47. The zero-order valence-electron chi connectivity index (χ0n) is 9.23. The van der Waals surface area contributed by atoms with Crippen molar-refractivity contribution in [3.8, 4) is 0 Å². The summed E-state index contributed by atoms with van der Waals surface area (Å²) in [5, 5.41) is 28.4. The van der Waals surface area contributed by atoms with Crippen molar-refractivity contribution < 1.29 is 20.1 Å². The smallest absolute Gasteiger partial charge is 0.269 e. The monoisotopic (exact) mass is 320 g/mol. The SMILES string of the molecule is Nc1ccn(C2O[C@H](CO)[C@@H](O)[C@H]2O)c(=O)c1Br. The predicted octanol–water partition coefficient (Wildman–Crippen LogP) is -1.20. The summed E-state index contributed by atoms with van der Waals surface area (Å²) < 4.78 is 6.52. The van der Waals surface area contributed by atoms with Gasteiger partial charge in [-0.1, -0.05) is 0 Å². The maximum absolute atomic E-state index is 11.9. The molecule has 18 heavy (non-hydrogen) atoms. The fraction of sp³-hybridized carbons (Fsp3) is 0.500. The number of nitrogens with two attached hydrogens (primary N) is 1. The molecule has 8 heteroatoms. The van der Waals surface area contributed by atoms with E-state index in [1.807, 2.05) is 0 Å². The summed E-state index contributed by atoms with van der Waals surface area (Å²) in [5.74, 6) is 0. The van der Waals surface area contributed by atoms with Gasteiger partial charge in [0.15, 0.2) is 6.23 Å². The lowest BCUT2D eigenvalue weighted by Crippen LogP contribution is -2.35. The van der Waals surface area contributed by atoms with E-state index >= 15 is 0 Å². The van der Waals surface area contributed by atoms with Gasteiger partial charge < -0.3 is 25.8 Å².